The fourth-order valence-corrected chi connectivity index (χ4v) is 5.91. The zero-order chi connectivity index (χ0) is 33.7. The van der Waals surface area contributed by atoms with Gasteiger partial charge in [0.05, 0.1) is 13.2 Å². The lowest BCUT2D eigenvalue weighted by molar-refractivity contribution is -0.140. The Kier molecular flexibility index (Phi) is 12.4. The molecule has 0 saturated heterocycles. The van der Waals surface area contributed by atoms with Crippen molar-refractivity contribution in [3.63, 3.8) is 0 Å². The normalized spacial score (nSPS) is 24.0. The van der Waals surface area contributed by atoms with Gasteiger partial charge in [-0.2, -0.15) is 0 Å². The van der Waals surface area contributed by atoms with E-state index in [2.05, 4.69) is 41.5 Å². The molecule has 4 unspecified atom stereocenters. The zero-order valence-electron chi connectivity index (χ0n) is 29.5. The van der Waals surface area contributed by atoms with E-state index in [9.17, 15) is 19.2 Å². The van der Waals surface area contributed by atoms with Crippen LogP contribution in [0.3, 0.4) is 0 Å². The summed E-state index contributed by atoms with van der Waals surface area (Å²) in [6.45, 7) is 25.3. The van der Waals surface area contributed by atoms with Crippen molar-refractivity contribution in [2.24, 2.45) is 45.3 Å². The van der Waals surface area contributed by atoms with Crippen LogP contribution in [0.2, 0.25) is 0 Å². The van der Waals surface area contributed by atoms with Gasteiger partial charge in [-0.05, 0) is 70.3 Å². The minimum Gasteiger partial charge on any atom is -0.463 e. The van der Waals surface area contributed by atoms with Gasteiger partial charge in [-0.1, -0.05) is 107 Å². The maximum absolute atomic E-state index is 13.1. The van der Waals surface area contributed by atoms with Gasteiger partial charge in [-0.15, -0.1) is 0 Å². The number of ether oxygens (including phenoxy) is 2. The molecule has 0 saturated carbocycles. The lowest BCUT2D eigenvalue weighted by atomic mass is 9.65. The standard InChI is InChI=1S/C38H58O6/c1-35(2,3)27-21-25(22-28(33(27)41)36(4,5)6)15-17-31(39)43-19-13-14-20-44-32(40)18-16-26-23-29(37(7,8)9)34(42)30(24-26)38(10,11)12/h15-18,21,23,25-26,28,30H,13-14,19-20,22,24H2,1-12H3. The Hall–Kier alpha value is -2.76. The van der Waals surface area contributed by atoms with Crippen molar-refractivity contribution in [2.45, 2.75) is 109 Å². The average molecular weight is 611 g/mol. The summed E-state index contributed by atoms with van der Waals surface area (Å²) in [5.74, 6) is -0.627. The molecule has 0 aromatic heterocycles. The molecular weight excluding hydrogens is 552 g/mol. The Morgan fingerprint density at radius 2 is 0.955 bits per heavy atom. The van der Waals surface area contributed by atoms with Gasteiger partial charge in [0, 0.05) is 24.0 Å². The van der Waals surface area contributed by atoms with Crippen molar-refractivity contribution in [3.8, 4) is 0 Å². The van der Waals surface area contributed by atoms with E-state index in [-0.39, 0.29) is 70.1 Å². The maximum atomic E-state index is 13.1. The molecule has 0 fully saturated rings. The van der Waals surface area contributed by atoms with Crippen LogP contribution in [0, 0.1) is 45.3 Å². The average Bonchev–Trinajstić information content (AvgIpc) is 2.86. The van der Waals surface area contributed by atoms with Crippen LogP contribution >= 0.6 is 0 Å². The molecule has 2 aliphatic carbocycles. The molecule has 0 N–H and O–H groups in total. The Labute approximate surface area is 266 Å². The van der Waals surface area contributed by atoms with E-state index in [4.69, 9.17) is 9.47 Å². The van der Waals surface area contributed by atoms with Crippen LogP contribution in [-0.2, 0) is 28.7 Å². The summed E-state index contributed by atoms with van der Waals surface area (Å²) in [6, 6.07) is 0. The van der Waals surface area contributed by atoms with Crippen LogP contribution in [0.15, 0.2) is 47.6 Å². The molecule has 0 spiro atoms. The van der Waals surface area contributed by atoms with E-state index in [1.807, 2.05) is 65.8 Å². The Bertz CT molecular complexity index is 1090. The fourth-order valence-electron chi connectivity index (χ4n) is 5.91. The molecule has 246 valence electrons. The maximum Gasteiger partial charge on any atom is 0.330 e. The van der Waals surface area contributed by atoms with Crippen LogP contribution in [0.5, 0.6) is 0 Å². The van der Waals surface area contributed by atoms with Crippen molar-refractivity contribution < 1.29 is 28.7 Å². The highest BCUT2D eigenvalue weighted by atomic mass is 16.5. The summed E-state index contributed by atoms with van der Waals surface area (Å²) >= 11 is 0. The predicted octanol–water partition coefficient (Wildman–Crippen LogP) is 8.41. The summed E-state index contributed by atoms with van der Waals surface area (Å²) < 4.78 is 10.7. The number of unbranched alkanes of at least 4 members (excludes halogenated alkanes) is 1. The summed E-state index contributed by atoms with van der Waals surface area (Å²) in [6.07, 6.45) is 13.1. The highest BCUT2D eigenvalue weighted by molar-refractivity contribution is 6.00. The first-order valence-corrected chi connectivity index (χ1v) is 16.2. The van der Waals surface area contributed by atoms with Gasteiger partial charge >= 0.3 is 11.9 Å². The lowest BCUT2D eigenvalue weighted by Crippen LogP contribution is -2.37. The molecule has 0 heterocycles. The van der Waals surface area contributed by atoms with Gasteiger partial charge in [0.25, 0.3) is 0 Å². The molecule has 0 aliphatic heterocycles. The first-order valence-electron chi connectivity index (χ1n) is 16.2. The van der Waals surface area contributed by atoms with Gasteiger partial charge < -0.3 is 9.47 Å². The van der Waals surface area contributed by atoms with Crippen LogP contribution in [0.25, 0.3) is 0 Å². The number of carbonyl (C=O) groups excluding carboxylic acids is 4. The molecule has 6 nitrogen and oxygen atoms in total. The van der Waals surface area contributed by atoms with Crippen molar-refractivity contribution >= 4 is 23.5 Å². The van der Waals surface area contributed by atoms with E-state index < -0.39 is 11.9 Å². The molecular formula is C38H58O6. The molecule has 0 radical (unpaired) electrons. The predicted molar refractivity (Wildman–Crippen MR) is 177 cm³/mol. The molecule has 2 rings (SSSR count). The number of carbonyl (C=O) groups is 4. The van der Waals surface area contributed by atoms with Crippen LogP contribution in [0.4, 0.5) is 0 Å². The third-order valence-corrected chi connectivity index (χ3v) is 8.63. The van der Waals surface area contributed by atoms with Gasteiger partial charge in [-0.3, -0.25) is 9.59 Å². The Balaban J connectivity index is 1.82. The number of allylic oxidation sites excluding steroid dienone is 6. The van der Waals surface area contributed by atoms with Crippen LogP contribution in [0.1, 0.15) is 109 Å². The third-order valence-electron chi connectivity index (χ3n) is 8.63. The summed E-state index contributed by atoms with van der Waals surface area (Å²) in [5, 5.41) is 0. The number of Topliss-reactive ketones (excluding diaryl/α,β-unsaturated/α-hetero) is 2. The van der Waals surface area contributed by atoms with Crippen LogP contribution in [-0.4, -0.2) is 36.7 Å². The largest absolute Gasteiger partial charge is 0.463 e. The van der Waals surface area contributed by atoms with Crippen molar-refractivity contribution in [3.05, 3.63) is 47.6 Å². The van der Waals surface area contributed by atoms with Crippen molar-refractivity contribution in [2.75, 3.05) is 13.2 Å². The lowest BCUT2D eigenvalue weighted by Gasteiger charge is -2.38. The summed E-state index contributed by atoms with van der Waals surface area (Å²) in [4.78, 5) is 51.0. The molecule has 4 atom stereocenters. The minimum atomic E-state index is -0.415. The number of ketones is 2. The third kappa shape index (κ3) is 11.0. The molecule has 0 bridgehead atoms. The number of rotatable bonds is 9. The highest BCUT2D eigenvalue weighted by Crippen LogP contribution is 2.44. The van der Waals surface area contributed by atoms with Gasteiger partial charge in [0.15, 0.2) is 11.6 Å². The quantitative estimate of drug-likeness (QED) is 0.148. The topological polar surface area (TPSA) is 86.7 Å². The Morgan fingerprint density at radius 3 is 1.23 bits per heavy atom. The van der Waals surface area contributed by atoms with E-state index in [1.165, 1.54) is 12.2 Å². The van der Waals surface area contributed by atoms with Gasteiger partial charge in [-0.25, -0.2) is 9.59 Å². The first-order chi connectivity index (χ1) is 20.0. The van der Waals surface area contributed by atoms with E-state index in [0.717, 1.165) is 11.1 Å². The molecule has 0 amide bonds. The molecule has 0 aromatic rings. The number of hydrogen-bond donors (Lipinski definition) is 0. The first kappa shape index (κ1) is 37.4. The smallest absolute Gasteiger partial charge is 0.330 e. The van der Waals surface area contributed by atoms with Gasteiger partial charge in [0.1, 0.15) is 0 Å². The molecule has 0 aromatic carbocycles. The Morgan fingerprint density at radius 1 is 0.636 bits per heavy atom. The van der Waals surface area contributed by atoms with E-state index in [1.54, 1.807) is 0 Å². The molecule has 2 aliphatic rings. The van der Waals surface area contributed by atoms with Crippen molar-refractivity contribution in [1.29, 1.82) is 0 Å². The second-order valence-electron chi connectivity index (χ2n) is 16.8. The van der Waals surface area contributed by atoms with Crippen LogP contribution < -0.4 is 0 Å². The van der Waals surface area contributed by atoms with Crippen molar-refractivity contribution in [1.82, 2.24) is 0 Å². The SMILES string of the molecule is CC(C)(C)C1=CC(C=CC(=O)OCCCCOC(=O)C=CC2C=C(C(C)(C)C)C(=O)C(C(C)(C)C)C2)CC(C(C)(C)C)C1=O. The zero-order valence-corrected chi connectivity index (χ0v) is 29.5. The monoisotopic (exact) mass is 610 g/mol. The molecule has 6 heteroatoms. The minimum absolute atomic E-state index is 0.00449. The number of esters is 2. The fraction of sp³-hybridized carbons (Fsp3) is 0.684. The second kappa shape index (κ2) is 14.6. The summed E-state index contributed by atoms with van der Waals surface area (Å²) in [5.41, 5.74) is 0.810. The summed E-state index contributed by atoms with van der Waals surface area (Å²) in [7, 11) is 0. The highest BCUT2D eigenvalue weighted by Gasteiger charge is 2.41. The van der Waals surface area contributed by atoms with E-state index >= 15 is 0 Å². The second-order valence-corrected chi connectivity index (χ2v) is 16.8. The van der Waals surface area contributed by atoms with E-state index in [0.29, 0.717) is 25.7 Å². The van der Waals surface area contributed by atoms with Gasteiger partial charge in [0.2, 0.25) is 0 Å². The molecule has 44 heavy (non-hydrogen) atoms. The number of hydrogen-bond acceptors (Lipinski definition) is 6.